The van der Waals surface area contributed by atoms with Gasteiger partial charge in [-0.25, -0.2) is 15.0 Å². The Hall–Kier alpha value is -10.6. The van der Waals surface area contributed by atoms with E-state index in [0.29, 0.717) is 17.5 Å². The van der Waals surface area contributed by atoms with E-state index in [-0.39, 0.29) is 6.04 Å². The van der Waals surface area contributed by atoms with Crippen LogP contribution in [0, 0.1) is 6.92 Å². The van der Waals surface area contributed by atoms with Crippen LogP contribution in [-0.2, 0) is 12.1 Å². The smallest absolute Gasteiger partial charge is 0.176 e. The summed E-state index contributed by atoms with van der Waals surface area (Å²) >= 11 is 0. The zero-order chi connectivity index (χ0) is 55.2. The zero-order valence-corrected chi connectivity index (χ0v) is 46.2. The van der Waals surface area contributed by atoms with Crippen molar-refractivity contribution in [2.75, 3.05) is 0 Å². The minimum Gasteiger partial charge on any atom is -0.331 e. The van der Waals surface area contributed by atoms with Crippen molar-refractivity contribution in [3.05, 3.63) is 283 Å². The summed E-state index contributed by atoms with van der Waals surface area (Å²) in [4.78, 5) is 16.1. The lowest BCUT2D eigenvalue weighted by molar-refractivity contribution is 0.416. The van der Waals surface area contributed by atoms with Gasteiger partial charge in [0.05, 0.1) is 39.1 Å². The molecule has 15 aromatic rings. The van der Waals surface area contributed by atoms with Gasteiger partial charge in [0.1, 0.15) is 0 Å². The number of aryl methyl sites for hydroxylation is 1. The van der Waals surface area contributed by atoms with Crippen LogP contribution in [0.25, 0.3) is 133 Å². The average molecular weight is 1080 g/mol. The number of hydrogen-bond acceptors (Lipinski definition) is 3. The third kappa shape index (κ3) is 6.49. The maximum absolute atomic E-state index is 5.45. The molecule has 2 unspecified atom stereocenters. The first-order valence-electron chi connectivity index (χ1n) is 29.4. The van der Waals surface area contributed by atoms with Gasteiger partial charge in [-0.3, -0.25) is 0 Å². The summed E-state index contributed by atoms with van der Waals surface area (Å²) in [5.74, 6) is 1.85. The summed E-state index contributed by atoms with van der Waals surface area (Å²) in [6, 6.07) is 83.0. The highest BCUT2D eigenvalue weighted by Crippen LogP contribution is 2.58. The third-order valence-electron chi connectivity index (χ3n) is 18.4. The fraction of sp³-hybridized carbons (Fsp3) is 0.0779. The number of aromatic nitrogens is 7. The van der Waals surface area contributed by atoms with Crippen molar-refractivity contribution in [3.8, 4) is 51.0 Å². The second-order valence-electron chi connectivity index (χ2n) is 22.9. The molecule has 18 rings (SSSR count). The highest BCUT2D eigenvalue weighted by Gasteiger charge is 2.51. The van der Waals surface area contributed by atoms with Crippen LogP contribution in [0.1, 0.15) is 46.8 Å². The van der Waals surface area contributed by atoms with Gasteiger partial charge >= 0.3 is 0 Å². The molecule has 2 atom stereocenters. The molecule has 5 aromatic heterocycles. The van der Waals surface area contributed by atoms with Gasteiger partial charge in [-0.2, -0.15) is 0 Å². The van der Waals surface area contributed by atoms with Gasteiger partial charge in [0.15, 0.2) is 23.1 Å². The highest BCUT2D eigenvalue weighted by molar-refractivity contribution is 6.24. The zero-order valence-electron chi connectivity index (χ0n) is 46.2. The van der Waals surface area contributed by atoms with Crippen LogP contribution in [0.3, 0.4) is 0 Å². The van der Waals surface area contributed by atoms with Crippen LogP contribution in [-0.4, -0.2) is 33.2 Å². The Morgan fingerprint density at radius 1 is 0.429 bits per heavy atom. The highest BCUT2D eigenvalue weighted by atomic mass is 15.3. The van der Waals surface area contributed by atoms with Crippen LogP contribution in [0.4, 0.5) is 0 Å². The summed E-state index contributed by atoms with van der Waals surface area (Å²) in [5.41, 5.74) is 19.5. The van der Waals surface area contributed by atoms with Gasteiger partial charge < -0.3 is 18.3 Å². The lowest BCUT2D eigenvalue weighted by Gasteiger charge is -2.39. The number of allylic oxidation sites excluding steroid dienone is 5. The molecule has 84 heavy (non-hydrogen) atoms. The third-order valence-corrected chi connectivity index (χ3v) is 18.4. The molecular weight excluding hydrogens is 1020 g/mol. The molecule has 0 spiro atoms. The molecule has 10 aromatic carbocycles. The first kappa shape index (κ1) is 47.1. The van der Waals surface area contributed by atoms with Crippen molar-refractivity contribution in [3.63, 3.8) is 0 Å². The molecule has 3 aliphatic carbocycles. The fourth-order valence-corrected chi connectivity index (χ4v) is 15.0. The quantitative estimate of drug-likeness (QED) is 0.160. The second kappa shape index (κ2) is 17.9. The van der Waals surface area contributed by atoms with Gasteiger partial charge in [0.2, 0.25) is 0 Å². The topological polar surface area (TPSA) is 58.4 Å². The van der Waals surface area contributed by atoms with Gasteiger partial charge in [-0.05, 0) is 73.7 Å². The molecule has 0 saturated carbocycles. The van der Waals surface area contributed by atoms with E-state index in [4.69, 9.17) is 15.0 Å². The van der Waals surface area contributed by atoms with E-state index in [1.807, 2.05) is 12.1 Å². The Balaban J connectivity index is 1.09. The van der Waals surface area contributed by atoms with Crippen molar-refractivity contribution in [1.29, 1.82) is 0 Å². The van der Waals surface area contributed by atoms with Crippen molar-refractivity contribution in [1.82, 2.24) is 33.2 Å². The molecule has 5 heterocycles. The van der Waals surface area contributed by atoms with Crippen LogP contribution < -0.4 is 0 Å². The summed E-state index contributed by atoms with van der Waals surface area (Å²) in [5, 5.41) is 8.49. The second-order valence-corrected chi connectivity index (χ2v) is 22.9. The monoisotopic (exact) mass is 1080 g/mol. The molecule has 0 saturated heterocycles. The molecule has 7 nitrogen and oxygen atoms in total. The van der Waals surface area contributed by atoms with E-state index in [2.05, 4.69) is 274 Å². The van der Waals surface area contributed by atoms with Crippen LogP contribution in [0.2, 0.25) is 0 Å². The number of fused-ring (bicyclic) bond motifs is 17. The Morgan fingerprint density at radius 3 is 1.58 bits per heavy atom. The lowest BCUT2D eigenvalue weighted by Crippen LogP contribution is -2.42. The molecule has 0 radical (unpaired) electrons. The fourth-order valence-electron chi connectivity index (χ4n) is 15.0. The van der Waals surface area contributed by atoms with Gasteiger partial charge in [-0.15, -0.1) is 0 Å². The van der Waals surface area contributed by atoms with Crippen molar-refractivity contribution in [2.24, 2.45) is 0 Å². The molecule has 0 bridgehead atoms. The van der Waals surface area contributed by atoms with Gasteiger partial charge in [0.25, 0.3) is 0 Å². The molecule has 0 aliphatic heterocycles. The summed E-state index contributed by atoms with van der Waals surface area (Å²) < 4.78 is 10.9. The number of benzene rings is 10. The van der Waals surface area contributed by atoms with Crippen LogP contribution >= 0.6 is 0 Å². The van der Waals surface area contributed by atoms with Gasteiger partial charge in [-0.1, -0.05) is 230 Å². The molecule has 0 amide bonds. The van der Waals surface area contributed by atoms with E-state index in [1.165, 1.54) is 93.2 Å². The molecular formula is C77H53N7. The van der Waals surface area contributed by atoms with E-state index >= 15 is 0 Å². The SMILES string of the molecule is Cc1ccc2c(c1)C(n1c3ccccc3c3ccc4c5c(n(-c6ccccc6)c4c31)CCC=C5)(n1c3ccccc3c3ccc4c5ccccc5n(C5C=CC=CC5)c4c31)c1cc(-c3nc(-c4ccccc4)nc(-c4ccccc4)n3)ccc1-2. The largest absolute Gasteiger partial charge is 0.331 e. The number of nitrogens with zero attached hydrogens (tertiary/aromatic N) is 7. The predicted octanol–water partition coefficient (Wildman–Crippen LogP) is 18.7. The summed E-state index contributed by atoms with van der Waals surface area (Å²) in [6.45, 7) is 2.26. The lowest BCUT2D eigenvalue weighted by atomic mass is 9.92. The van der Waals surface area contributed by atoms with E-state index < -0.39 is 5.66 Å². The predicted molar refractivity (Wildman–Crippen MR) is 346 cm³/mol. The van der Waals surface area contributed by atoms with Gasteiger partial charge in [0, 0.05) is 88.0 Å². The Morgan fingerprint density at radius 2 is 0.952 bits per heavy atom. The maximum atomic E-state index is 5.45. The summed E-state index contributed by atoms with van der Waals surface area (Å²) in [6.07, 6.45) is 16.7. The van der Waals surface area contributed by atoms with E-state index in [1.54, 1.807) is 0 Å². The Labute approximate surface area is 484 Å². The Kier molecular flexibility index (Phi) is 10.0. The standard InChI is InChI=1S/C77H53N7/c1-48-38-40-54-55-41-39-51(76-79-74(49-22-6-2-7-23-49)78-75(80-76)50-24-8-3-9-25-50)47-65(55)77(64(54)46-48,83-68-36-20-16-32-58(68)62-44-42-60-56-30-14-18-34-66(56)81(70(60)72(62)83)52-26-10-4-11-27-52)84-69-37-21-17-33-59(69)63-45-43-61-57-31-15-19-35-67(57)82(71(61)73(63)84)53-28-12-5-13-29-53/h2-18,20-26,28-34,36-47,52H,19,27,35H2,1H3. The minimum atomic E-state index is -1.14. The number of hydrogen-bond donors (Lipinski definition) is 0. The van der Waals surface area contributed by atoms with Crippen LogP contribution in [0.5, 0.6) is 0 Å². The number of para-hydroxylation sites is 4. The Bertz CT molecular complexity index is 5300. The summed E-state index contributed by atoms with van der Waals surface area (Å²) in [7, 11) is 0. The molecule has 7 heteroatoms. The van der Waals surface area contributed by atoms with Crippen molar-refractivity contribution in [2.45, 2.75) is 37.9 Å². The van der Waals surface area contributed by atoms with Crippen LogP contribution in [0.15, 0.2) is 255 Å². The molecule has 0 fully saturated rings. The first-order chi connectivity index (χ1) is 41.6. The maximum Gasteiger partial charge on any atom is 0.176 e. The van der Waals surface area contributed by atoms with E-state index in [9.17, 15) is 0 Å². The molecule has 0 N–H and O–H groups in total. The normalized spacial score (nSPS) is 16.3. The first-order valence-corrected chi connectivity index (χ1v) is 29.4. The number of rotatable bonds is 7. The van der Waals surface area contributed by atoms with Crippen molar-refractivity contribution >= 4 is 82.4 Å². The average Bonchev–Trinajstić information content (AvgIpc) is 1.50. The van der Waals surface area contributed by atoms with Crippen molar-refractivity contribution < 1.29 is 0 Å². The minimum absolute atomic E-state index is 0.0743. The van der Waals surface area contributed by atoms with E-state index in [0.717, 1.165) is 63.8 Å². The molecule has 396 valence electrons. The molecule has 3 aliphatic rings.